The molecule has 10 heteroatoms. The predicted octanol–water partition coefficient (Wildman–Crippen LogP) is 19.3. The number of phosphoric ester groups is 1. The van der Waals surface area contributed by atoms with Crippen LogP contribution in [0.25, 0.3) is 0 Å². The highest BCUT2D eigenvalue weighted by Gasteiger charge is 2.30. The lowest BCUT2D eigenvalue weighted by atomic mass is 10.0. The molecule has 0 saturated heterocycles. The smallest absolute Gasteiger partial charge is 0.456 e. The van der Waals surface area contributed by atoms with Gasteiger partial charge in [-0.05, 0) is 70.3 Å². The van der Waals surface area contributed by atoms with Crippen molar-refractivity contribution in [2.45, 2.75) is 309 Å². The minimum absolute atomic E-state index is 0.0366. The fourth-order valence-corrected chi connectivity index (χ4v) is 9.86. The number of phosphoric acid groups is 1. The molecule has 2 N–H and O–H groups in total. The van der Waals surface area contributed by atoms with Gasteiger partial charge in [-0.2, -0.15) is 0 Å². The van der Waals surface area contributed by atoms with E-state index >= 15 is 0 Å². The maximum absolute atomic E-state index is 13.5. The molecule has 1 amide bonds. The molecule has 0 aliphatic heterocycles. The first-order chi connectivity index (χ1) is 35.9. The zero-order valence-electron chi connectivity index (χ0n) is 49.6. The molecule has 74 heavy (non-hydrogen) atoms. The molecule has 0 bridgehead atoms. The number of hydrogen-bond acceptors (Lipinski definition) is 6. The minimum atomic E-state index is -4.45. The Morgan fingerprint density at radius 3 is 1.26 bits per heavy atom. The van der Waals surface area contributed by atoms with Crippen LogP contribution in [0.15, 0.2) is 48.6 Å². The van der Waals surface area contributed by atoms with E-state index in [4.69, 9.17) is 13.8 Å². The molecule has 434 valence electrons. The lowest BCUT2D eigenvalue weighted by Gasteiger charge is -2.27. The first-order valence-electron chi connectivity index (χ1n) is 31.5. The third-order valence-corrected chi connectivity index (χ3v) is 15.0. The van der Waals surface area contributed by atoms with Crippen LogP contribution in [-0.4, -0.2) is 74.3 Å². The summed E-state index contributed by atoms with van der Waals surface area (Å²) < 4.78 is 30.7. The van der Waals surface area contributed by atoms with Gasteiger partial charge in [-0.25, -0.2) is 4.57 Å². The molecule has 0 spiro atoms. The second-order valence-corrected chi connectivity index (χ2v) is 24.0. The maximum Gasteiger partial charge on any atom is 0.472 e. The van der Waals surface area contributed by atoms with E-state index in [0.717, 1.165) is 83.5 Å². The van der Waals surface area contributed by atoms with E-state index in [1.165, 1.54) is 180 Å². The number of hydrogen-bond donors (Lipinski definition) is 2. The van der Waals surface area contributed by atoms with Crippen molar-refractivity contribution in [3.05, 3.63) is 48.6 Å². The van der Waals surface area contributed by atoms with Crippen LogP contribution in [-0.2, 0) is 27.9 Å². The summed E-state index contributed by atoms with van der Waals surface area (Å²) in [5.41, 5.74) is 0. The second-order valence-electron chi connectivity index (χ2n) is 22.6. The summed E-state index contributed by atoms with van der Waals surface area (Å²) in [6.07, 6.45) is 66.8. The van der Waals surface area contributed by atoms with Crippen LogP contribution in [0.2, 0.25) is 0 Å². The number of allylic oxidation sites excluding steroid dienone is 7. The molecule has 0 aromatic heterocycles. The van der Waals surface area contributed by atoms with E-state index in [1.54, 1.807) is 0 Å². The van der Waals surface area contributed by atoms with E-state index < -0.39 is 20.0 Å². The van der Waals surface area contributed by atoms with Crippen molar-refractivity contribution < 1.29 is 37.3 Å². The van der Waals surface area contributed by atoms with Gasteiger partial charge in [-0.1, -0.05) is 262 Å². The molecule has 0 saturated carbocycles. The van der Waals surface area contributed by atoms with Crippen LogP contribution in [0.5, 0.6) is 0 Å². The molecule has 0 fully saturated rings. The maximum atomic E-state index is 13.5. The fourth-order valence-electron chi connectivity index (χ4n) is 9.12. The molecule has 0 heterocycles. The van der Waals surface area contributed by atoms with Crippen LogP contribution in [0, 0.1) is 0 Å². The van der Waals surface area contributed by atoms with Gasteiger partial charge >= 0.3 is 13.8 Å². The Bertz CT molecular complexity index is 1410. The third kappa shape index (κ3) is 54.7. The highest BCUT2D eigenvalue weighted by Crippen LogP contribution is 2.43. The Kier molecular flexibility index (Phi) is 52.8. The van der Waals surface area contributed by atoms with Crippen molar-refractivity contribution in [2.75, 3.05) is 40.9 Å². The Balaban J connectivity index is 5.26. The highest BCUT2D eigenvalue weighted by molar-refractivity contribution is 7.47. The molecule has 3 atom stereocenters. The molecule has 0 aliphatic carbocycles. The topological polar surface area (TPSA) is 111 Å². The van der Waals surface area contributed by atoms with Gasteiger partial charge in [0.25, 0.3) is 0 Å². The fraction of sp³-hybridized carbons (Fsp3) is 0.844. The number of nitrogens with one attached hydrogen (secondary N) is 1. The molecular formula is C64H122N2O7P+. The van der Waals surface area contributed by atoms with Crippen molar-refractivity contribution >= 4 is 19.7 Å². The molecule has 0 aliphatic rings. The Morgan fingerprint density at radius 1 is 0.473 bits per heavy atom. The summed E-state index contributed by atoms with van der Waals surface area (Å²) in [6.45, 7) is 6.99. The summed E-state index contributed by atoms with van der Waals surface area (Å²) in [7, 11) is 1.49. The predicted molar refractivity (Wildman–Crippen MR) is 319 cm³/mol. The van der Waals surface area contributed by atoms with Gasteiger partial charge in [-0.3, -0.25) is 18.6 Å². The van der Waals surface area contributed by atoms with E-state index in [-0.39, 0.29) is 25.1 Å². The van der Waals surface area contributed by atoms with Gasteiger partial charge < -0.3 is 19.4 Å². The number of esters is 1. The summed E-state index contributed by atoms with van der Waals surface area (Å²) in [5.74, 6) is -0.519. The standard InChI is InChI=1S/C64H121N2O7P/c1-7-10-13-16-19-22-25-28-30-32-33-35-37-39-42-45-48-51-54-57-64(68)73-62(55-52-49-46-43-40-27-24-21-18-15-12-9-3)61(60-72-74(69,70)71-59-58-66(4,5)6)65-63(67)56-53-50-47-44-41-38-36-34-31-29-26-23-20-17-14-11-8-2/h20,23,29,31,36,38,52,55,61-62H,7-19,21-22,24-28,30,32-35,37,39-51,53-54,56-60H2,1-6H3,(H-,65,67,69,70)/p+1/b23-20-,31-29-,38-36-,55-52+. The van der Waals surface area contributed by atoms with Gasteiger partial charge in [0, 0.05) is 12.8 Å². The van der Waals surface area contributed by atoms with Crippen LogP contribution in [0.4, 0.5) is 0 Å². The minimum Gasteiger partial charge on any atom is -0.456 e. The number of unbranched alkanes of at least 4 members (excludes halogenated alkanes) is 35. The second kappa shape index (κ2) is 54.3. The number of nitrogens with zero attached hydrogens (tertiary/aromatic N) is 1. The zero-order chi connectivity index (χ0) is 54.3. The zero-order valence-corrected chi connectivity index (χ0v) is 50.5. The van der Waals surface area contributed by atoms with Crippen LogP contribution < -0.4 is 5.32 Å². The molecule has 3 unspecified atom stereocenters. The average Bonchev–Trinajstić information content (AvgIpc) is 3.36. The van der Waals surface area contributed by atoms with E-state index in [0.29, 0.717) is 23.9 Å². The third-order valence-electron chi connectivity index (χ3n) is 14.0. The number of ether oxygens (including phenoxy) is 1. The lowest BCUT2D eigenvalue weighted by Crippen LogP contribution is -2.47. The molecule has 0 radical (unpaired) electrons. The first kappa shape index (κ1) is 72.0. The average molecular weight is 1060 g/mol. The van der Waals surface area contributed by atoms with E-state index in [9.17, 15) is 19.0 Å². The van der Waals surface area contributed by atoms with Crippen molar-refractivity contribution in [1.29, 1.82) is 0 Å². The van der Waals surface area contributed by atoms with Gasteiger partial charge in [0.15, 0.2) is 0 Å². The van der Waals surface area contributed by atoms with Gasteiger partial charge in [0.05, 0.1) is 33.8 Å². The van der Waals surface area contributed by atoms with Gasteiger partial charge in [-0.15, -0.1) is 0 Å². The van der Waals surface area contributed by atoms with Crippen LogP contribution >= 0.6 is 7.82 Å². The number of carbonyl (C=O) groups excluding carboxylic acids is 2. The summed E-state index contributed by atoms with van der Waals surface area (Å²) in [6, 6.07) is -0.857. The number of likely N-dealkylation sites (N-methyl/N-ethyl adjacent to an activating group) is 1. The molecule has 9 nitrogen and oxygen atoms in total. The van der Waals surface area contributed by atoms with E-state index in [1.807, 2.05) is 33.3 Å². The van der Waals surface area contributed by atoms with Crippen molar-refractivity contribution in [3.8, 4) is 0 Å². The summed E-state index contributed by atoms with van der Waals surface area (Å²) in [4.78, 5) is 37.7. The number of carbonyl (C=O) groups is 2. The van der Waals surface area contributed by atoms with Crippen molar-refractivity contribution in [1.82, 2.24) is 5.32 Å². The number of quaternary nitrogens is 1. The first-order valence-corrected chi connectivity index (χ1v) is 33.0. The van der Waals surface area contributed by atoms with E-state index in [2.05, 4.69) is 62.5 Å². The molecule has 0 rings (SSSR count). The van der Waals surface area contributed by atoms with Crippen LogP contribution in [0.3, 0.4) is 0 Å². The van der Waals surface area contributed by atoms with Gasteiger partial charge in [0.1, 0.15) is 19.3 Å². The Labute approximate surface area is 458 Å². The highest BCUT2D eigenvalue weighted by atomic mass is 31.2. The SMILES string of the molecule is CCCCC/C=C\C/C=C\C/C=C\CCCCCCC(=O)NC(COP(=O)(O)OCC[N+](C)(C)C)C(/C=C/CCCCCCCCCCCC)OC(=O)CCCCCCCCCCCCCCCCCCCCC. The quantitative estimate of drug-likeness (QED) is 0.0205. The largest absolute Gasteiger partial charge is 0.472 e. The summed E-state index contributed by atoms with van der Waals surface area (Å²) in [5, 5.41) is 3.05. The molecule has 0 aromatic rings. The lowest BCUT2D eigenvalue weighted by molar-refractivity contribution is -0.870. The summed E-state index contributed by atoms with van der Waals surface area (Å²) >= 11 is 0. The molecular weight excluding hydrogens is 940 g/mol. The van der Waals surface area contributed by atoms with Gasteiger partial charge in [0.2, 0.25) is 5.91 Å². The number of amides is 1. The Hall–Kier alpha value is -2.03. The van der Waals surface area contributed by atoms with Crippen molar-refractivity contribution in [2.24, 2.45) is 0 Å². The number of rotatable bonds is 57. The normalized spacial score (nSPS) is 14.0. The monoisotopic (exact) mass is 1060 g/mol. The molecule has 0 aromatic carbocycles. The Morgan fingerprint density at radius 2 is 0.824 bits per heavy atom. The van der Waals surface area contributed by atoms with Crippen molar-refractivity contribution in [3.63, 3.8) is 0 Å². The van der Waals surface area contributed by atoms with Crippen LogP contribution in [0.1, 0.15) is 297 Å².